The Morgan fingerprint density at radius 2 is 2.04 bits per heavy atom. The van der Waals surface area contributed by atoms with Crippen LogP contribution in [0.1, 0.15) is 13.8 Å². The third-order valence-electron chi connectivity index (χ3n) is 3.12. The molecule has 0 aromatic heterocycles. The number of nitrogens with one attached hydrogen (secondary N) is 1. The SMILES string of the molecule is CCN(c1cccc(F)c1)C(C(=O)OC)C(C)=NNC(=O)OC. The van der Waals surface area contributed by atoms with Crippen LogP contribution in [0.5, 0.6) is 0 Å². The number of ether oxygens (including phenoxy) is 2. The number of likely N-dealkylation sites (N-methyl/N-ethyl adjacent to an activating group) is 1. The Labute approximate surface area is 134 Å². The van der Waals surface area contributed by atoms with E-state index in [0.717, 1.165) is 0 Å². The number of hydrogen-bond acceptors (Lipinski definition) is 6. The number of benzene rings is 1. The molecule has 0 saturated carbocycles. The van der Waals surface area contributed by atoms with E-state index in [9.17, 15) is 14.0 Å². The van der Waals surface area contributed by atoms with Crippen LogP contribution < -0.4 is 10.3 Å². The van der Waals surface area contributed by atoms with Gasteiger partial charge >= 0.3 is 12.1 Å². The van der Waals surface area contributed by atoms with Gasteiger partial charge in [0.05, 0.1) is 19.9 Å². The lowest BCUT2D eigenvalue weighted by molar-refractivity contribution is -0.140. The first-order valence-electron chi connectivity index (χ1n) is 6.92. The zero-order valence-electron chi connectivity index (χ0n) is 13.5. The number of anilines is 1. The van der Waals surface area contributed by atoms with Crippen molar-refractivity contribution in [1.29, 1.82) is 0 Å². The molecule has 1 amide bonds. The molecule has 0 bridgehead atoms. The summed E-state index contributed by atoms with van der Waals surface area (Å²) in [4.78, 5) is 24.9. The second-order valence-corrected chi connectivity index (χ2v) is 4.55. The van der Waals surface area contributed by atoms with Crippen molar-refractivity contribution in [3.05, 3.63) is 30.1 Å². The molecule has 0 heterocycles. The van der Waals surface area contributed by atoms with Crippen molar-refractivity contribution in [2.45, 2.75) is 19.9 Å². The van der Waals surface area contributed by atoms with Gasteiger partial charge in [-0.25, -0.2) is 19.4 Å². The Morgan fingerprint density at radius 1 is 1.35 bits per heavy atom. The minimum Gasteiger partial charge on any atom is -0.467 e. The Hall–Kier alpha value is -2.64. The maximum atomic E-state index is 13.5. The predicted octanol–water partition coefficient (Wildman–Crippen LogP) is 1.93. The van der Waals surface area contributed by atoms with Gasteiger partial charge in [0.2, 0.25) is 0 Å². The maximum absolute atomic E-state index is 13.5. The Bertz CT molecular complexity index is 592. The number of hydrogen-bond donors (Lipinski definition) is 1. The Balaban J connectivity index is 3.17. The summed E-state index contributed by atoms with van der Waals surface area (Å²) in [6.45, 7) is 3.76. The van der Waals surface area contributed by atoms with Crippen LogP contribution in [-0.2, 0) is 14.3 Å². The molecule has 1 atom stereocenters. The van der Waals surface area contributed by atoms with E-state index in [1.165, 1.54) is 26.4 Å². The fourth-order valence-corrected chi connectivity index (χ4v) is 2.04. The van der Waals surface area contributed by atoms with E-state index in [2.05, 4.69) is 15.3 Å². The Morgan fingerprint density at radius 3 is 2.57 bits per heavy atom. The van der Waals surface area contributed by atoms with Crippen LogP contribution in [-0.4, -0.2) is 44.6 Å². The van der Waals surface area contributed by atoms with Gasteiger partial charge in [-0.2, -0.15) is 5.10 Å². The molecule has 0 saturated heterocycles. The van der Waals surface area contributed by atoms with Gasteiger partial charge in [0, 0.05) is 12.2 Å². The normalized spacial score (nSPS) is 12.3. The number of methoxy groups -OCH3 is 2. The standard InChI is InChI=1S/C15H20FN3O4/c1-5-19(12-8-6-7-11(16)9-12)13(14(20)22-3)10(2)17-18-15(21)23-4/h6-9,13H,5H2,1-4H3,(H,18,21). The van der Waals surface area contributed by atoms with Crippen LogP contribution in [0.15, 0.2) is 29.4 Å². The summed E-state index contributed by atoms with van der Waals surface area (Å²) in [6.07, 6.45) is -0.762. The molecule has 1 aromatic rings. The first-order chi connectivity index (χ1) is 10.9. The molecule has 0 aliphatic heterocycles. The summed E-state index contributed by atoms with van der Waals surface area (Å²) in [5.74, 6) is -1.00. The lowest BCUT2D eigenvalue weighted by atomic mass is 10.1. The van der Waals surface area contributed by atoms with Crippen molar-refractivity contribution in [2.24, 2.45) is 5.10 Å². The maximum Gasteiger partial charge on any atom is 0.427 e. The summed E-state index contributed by atoms with van der Waals surface area (Å²) in [5, 5.41) is 3.84. The van der Waals surface area contributed by atoms with E-state index in [1.807, 2.05) is 6.92 Å². The molecule has 1 N–H and O–H groups in total. The molecule has 0 aliphatic rings. The highest BCUT2D eigenvalue weighted by molar-refractivity contribution is 6.08. The zero-order chi connectivity index (χ0) is 17.4. The second kappa shape index (κ2) is 8.72. The molecule has 126 valence electrons. The van der Waals surface area contributed by atoms with Crippen molar-refractivity contribution in [3.63, 3.8) is 0 Å². The number of carbonyl (C=O) groups excluding carboxylic acids is 2. The van der Waals surface area contributed by atoms with Crippen molar-refractivity contribution in [2.75, 3.05) is 25.7 Å². The average Bonchev–Trinajstić information content (AvgIpc) is 2.56. The number of nitrogens with zero attached hydrogens (tertiary/aromatic N) is 2. The third kappa shape index (κ3) is 4.94. The van der Waals surface area contributed by atoms with E-state index >= 15 is 0 Å². The fourth-order valence-electron chi connectivity index (χ4n) is 2.04. The van der Waals surface area contributed by atoms with Gasteiger partial charge in [-0.05, 0) is 32.0 Å². The fraction of sp³-hybridized carbons (Fsp3) is 0.400. The summed E-state index contributed by atoms with van der Waals surface area (Å²) in [7, 11) is 2.44. The molecule has 0 aliphatic carbocycles. The van der Waals surface area contributed by atoms with E-state index < -0.39 is 23.9 Å². The van der Waals surface area contributed by atoms with Crippen molar-refractivity contribution >= 4 is 23.5 Å². The highest BCUT2D eigenvalue weighted by Crippen LogP contribution is 2.19. The number of halogens is 1. The van der Waals surface area contributed by atoms with Gasteiger partial charge in [0.15, 0.2) is 6.04 Å². The first kappa shape index (κ1) is 18.4. The first-order valence-corrected chi connectivity index (χ1v) is 6.92. The highest BCUT2D eigenvalue weighted by Gasteiger charge is 2.29. The topological polar surface area (TPSA) is 80.2 Å². The summed E-state index contributed by atoms with van der Waals surface area (Å²) >= 11 is 0. The molecule has 8 heteroatoms. The van der Waals surface area contributed by atoms with Gasteiger partial charge in [0.25, 0.3) is 0 Å². The largest absolute Gasteiger partial charge is 0.467 e. The molecule has 1 aromatic carbocycles. The van der Waals surface area contributed by atoms with Crippen molar-refractivity contribution in [1.82, 2.24) is 5.43 Å². The smallest absolute Gasteiger partial charge is 0.427 e. The lowest BCUT2D eigenvalue weighted by Gasteiger charge is -2.30. The van der Waals surface area contributed by atoms with Crippen LogP contribution in [0.2, 0.25) is 0 Å². The third-order valence-corrected chi connectivity index (χ3v) is 3.12. The van der Waals surface area contributed by atoms with Crippen molar-refractivity contribution < 1.29 is 23.5 Å². The van der Waals surface area contributed by atoms with Gasteiger partial charge < -0.3 is 14.4 Å². The molecule has 0 radical (unpaired) electrons. The minimum atomic E-state index is -0.913. The molecule has 23 heavy (non-hydrogen) atoms. The monoisotopic (exact) mass is 325 g/mol. The van der Waals surface area contributed by atoms with Crippen LogP contribution in [0, 0.1) is 5.82 Å². The number of amides is 1. The number of carbonyl (C=O) groups is 2. The minimum absolute atomic E-state index is 0.272. The number of esters is 1. The quantitative estimate of drug-likeness (QED) is 0.491. The zero-order valence-corrected chi connectivity index (χ0v) is 13.5. The van der Waals surface area contributed by atoms with E-state index in [0.29, 0.717) is 12.2 Å². The van der Waals surface area contributed by atoms with Gasteiger partial charge in [-0.15, -0.1) is 0 Å². The van der Waals surface area contributed by atoms with E-state index in [-0.39, 0.29) is 5.71 Å². The number of hydrazone groups is 1. The van der Waals surface area contributed by atoms with Crippen LogP contribution >= 0.6 is 0 Å². The van der Waals surface area contributed by atoms with Crippen molar-refractivity contribution in [3.8, 4) is 0 Å². The molecule has 0 fully saturated rings. The summed E-state index contributed by atoms with van der Waals surface area (Å²) < 4.78 is 22.7. The van der Waals surface area contributed by atoms with E-state index in [4.69, 9.17) is 4.74 Å². The molecule has 1 unspecified atom stereocenters. The lowest BCUT2D eigenvalue weighted by Crippen LogP contribution is -2.47. The second-order valence-electron chi connectivity index (χ2n) is 4.55. The Kier molecular flexibility index (Phi) is 6.98. The predicted molar refractivity (Wildman–Crippen MR) is 83.9 cm³/mol. The molecule has 0 spiro atoms. The summed E-state index contributed by atoms with van der Waals surface area (Å²) in [6, 6.07) is 4.92. The van der Waals surface area contributed by atoms with E-state index in [1.54, 1.807) is 24.0 Å². The van der Waals surface area contributed by atoms with Gasteiger partial charge in [-0.1, -0.05) is 6.07 Å². The molecular formula is C15H20FN3O4. The number of rotatable bonds is 6. The molecule has 7 nitrogen and oxygen atoms in total. The highest BCUT2D eigenvalue weighted by atomic mass is 19.1. The van der Waals surface area contributed by atoms with Crippen LogP contribution in [0.25, 0.3) is 0 Å². The van der Waals surface area contributed by atoms with Crippen LogP contribution in [0.3, 0.4) is 0 Å². The molecule has 1 rings (SSSR count). The van der Waals surface area contributed by atoms with Crippen LogP contribution in [0.4, 0.5) is 14.9 Å². The van der Waals surface area contributed by atoms with Gasteiger partial charge in [-0.3, -0.25) is 0 Å². The average molecular weight is 325 g/mol. The molecular weight excluding hydrogens is 305 g/mol. The summed E-state index contributed by atoms with van der Waals surface area (Å²) in [5.41, 5.74) is 2.92. The van der Waals surface area contributed by atoms with Gasteiger partial charge in [0.1, 0.15) is 5.82 Å².